The van der Waals surface area contributed by atoms with Gasteiger partial charge in [-0.25, -0.2) is 8.42 Å². The van der Waals surface area contributed by atoms with Crippen molar-refractivity contribution in [2.75, 3.05) is 24.2 Å². The lowest BCUT2D eigenvalue weighted by Gasteiger charge is -2.33. The van der Waals surface area contributed by atoms with Crippen molar-refractivity contribution >= 4 is 44.8 Å². The summed E-state index contributed by atoms with van der Waals surface area (Å²) in [7, 11) is -2.83. The van der Waals surface area contributed by atoms with Crippen LogP contribution in [0.3, 0.4) is 0 Å². The zero-order chi connectivity index (χ0) is 28.1. The maximum atomic E-state index is 13.6. The normalized spacial score (nSPS) is 12.4. The molecule has 0 saturated heterocycles. The number of halogens is 1. The molecule has 1 atom stereocenters. The second-order valence-corrected chi connectivity index (χ2v) is 11.8. The van der Waals surface area contributed by atoms with Crippen molar-refractivity contribution in [3.8, 4) is 5.75 Å². The molecule has 0 fully saturated rings. The van der Waals surface area contributed by atoms with E-state index < -0.39 is 44.9 Å². The van der Waals surface area contributed by atoms with E-state index >= 15 is 0 Å². The number of rotatable bonds is 10. The maximum Gasteiger partial charge on any atom is 0.271 e. The third-order valence-electron chi connectivity index (χ3n) is 5.25. The molecule has 1 N–H and O–H groups in total. The largest absolute Gasteiger partial charge is 0.495 e. The Hall–Kier alpha value is -3.38. The van der Waals surface area contributed by atoms with Gasteiger partial charge in [0.05, 0.1) is 18.3 Å². The van der Waals surface area contributed by atoms with Gasteiger partial charge in [-0.2, -0.15) is 0 Å². The van der Waals surface area contributed by atoms with E-state index in [0.717, 1.165) is 22.7 Å². The van der Waals surface area contributed by atoms with Gasteiger partial charge >= 0.3 is 0 Å². The van der Waals surface area contributed by atoms with Crippen LogP contribution < -0.4 is 14.4 Å². The summed E-state index contributed by atoms with van der Waals surface area (Å²) < 4.78 is 31.5. The first-order valence-electron chi connectivity index (χ1n) is 11.2. The summed E-state index contributed by atoms with van der Waals surface area (Å²) in [6.45, 7) is 6.18. The Kier molecular flexibility index (Phi) is 9.50. The van der Waals surface area contributed by atoms with Crippen molar-refractivity contribution in [3.63, 3.8) is 0 Å². The molecule has 0 bridgehead atoms. The van der Waals surface area contributed by atoms with Gasteiger partial charge in [0.2, 0.25) is 21.8 Å². The Balaban J connectivity index is 2.52. The third-order valence-corrected chi connectivity index (χ3v) is 6.63. The Morgan fingerprint density at radius 1 is 1.16 bits per heavy atom. The number of nitrogens with one attached hydrogen (secondary N) is 1. The predicted molar refractivity (Wildman–Crippen MR) is 141 cm³/mol. The molecule has 0 aromatic heterocycles. The van der Waals surface area contributed by atoms with Crippen molar-refractivity contribution in [2.45, 2.75) is 45.8 Å². The number of non-ortho nitro benzene ring substituents is 1. The topological polar surface area (TPSA) is 139 Å². The smallest absolute Gasteiger partial charge is 0.271 e. The molecule has 0 radical (unpaired) electrons. The second kappa shape index (κ2) is 11.8. The van der Waals surface area contributed by atoms with Gasteiger partial charge in [-0.15, -0.1) is 0 Å². The number of amides is 2. The molecule has 0 saturated carbocycles. The highest BCUT2D eigenvalue weighted by molar-refractivity contribution is 7.92. The van der Waals surface area contributed by atoms with Crippen LogP contribution in [0.15, 0.2) is 42.5 Å². The number of nitrogens with zero attached hydrogens (tertiary/aromatic N) is 3. The van der Waals surface area contributed by atoms with E-state index in [1.807, 2.05) is 0 Å². The van der Waals surface area contributed by atoms with Crippen LogP contribution in [0.25, 0.3) is 0 Å². The average Bonchev–Trinajstić information content (AvgIpc) is 2.79. The highest BCUT2D eigenvalue weighted by Crippen LogP contribution is 2.34. The summed E-state index contributed by atoms with van der Waals surface area (Å²) in [6.07, 6.45) is 0.873. The van der Waals surface area contributed by atoms with Crippen LogP contribution in [0.4, 0.5) is 11.4 Å². The van der Waals surface area contributed by atoms with Crippen LogP contribution in [-0.4, -0.2) is 61.5 Å². The first-order chi connectivity index (χ1) is 17.0. The van der Waals surface area contributed by atoms with Crippen LogP contribution in [0, 0.1) is 10.1 Å². The number of hydrogen-bond acceptors (Lipinski definition) is 7. The Bertz CT molecular complexity index is 1260. The molecule has 0 aliphatic rings. The SMILES string of the molecule is COc1ccc([N+](=O)[O-])cc1N(CC(=O)N(Cc1ccc(Cl)cc1)[C@@H](C)C(=O)NC(C)(C)C)S(C)(=O)=O. The first kappa shape index (κ1) is 29.8. The monoisotopic (exact) mass is 554 g/mol. The lowest BCUT2D eigenvalue weighted by Crippen LogP contribution is -2.54. The number of ether oxygens (including phenoxy) is 1. The molecule has 37 heavy (non-hydrogen) atoms. The van der Waals surface area contributed by atoms with E-state index in [0.29, 0.717) is 10.6 Å². The van der Waals surface area contributed by atoms with E-state index in [1.165, 1.54) is 25.0 Å². The zero-order valence-electron chi connectivity index (χ0n) is 21.5. The van der Waals surface area contributed by atoms with Crippen molar-refractivity contribution < 1.29 is 27.7 Å². The number of carbonyl (C=O) groups is 2. The molecular formula is C24H31ClN4O7S. The maximum absolute atomic E-state index is 13.6. The fourth-order valence-electron chi connectivity index (χ4n) is 3.42. The molecule has 13 heteroatoms. The fourth-order valence-corrected chi connectivity index (χ4v) is 4.40. The van der Waals surface area contributed by atoms with Crippen molar-refractivity contribution in [3.05, 3.63) is 63.2 Å². The Labute approximate surface area is 221 Å². The van der Waals surface area contributed by atoms with Crippen molar-refractivity contribution in [2.24, 2.45) is 0 Å². The molecule has 0 heterocycles. The lowest BCUT2D eigenvalue weighted by molar-refractivity contribution is -0.384. The molecule has 2 amide bonds. The number of anilines is 1. The van der Waals surface area contributed by atoms with E-state index in [2.05, 4.69) is 5.32 Å². The van der Waals surface area contributed by atoms with Crippen LogP contribution in [0.2, 0.25) is 5.02 Å². The fraction of sp³-hybridized carbons (Fsp3) is 0.417. The molecule has 0 unspecified atom stereocenters. The molecule has 0 aliphatic heterocycles. The van der Waals surface area contributed by atoms with E-state index in [1.54, 1.807) is 45.0 Å². The number of nitro groups is 1. The summed E-state index contributed by atoms with van der Waals surface area (Å²) in [6, 6.07) is 9.11. The van der Waals surface area contributed by atoms with Crippen LogP contribution >= 0.6 is 11.6 Å². The highest BCUT2D eigenvalue weighted by Gasteiger charge is 2.32. The number of hydrogen-bond donors (Lipinski definition) is 1. The van der Waals surface area contributed by atoms with E-state index in [4.69, 9.17) is 16.3 Å². The summed E-state index contributed by atoms with van der Waals surface area (Å²) >= 11 is 5.97. The van der Waals surface area contributed by atoms with E-state index in [-0.39, 0.29) is 23.7 Å². The predicted octanol–water partition coefficient (Wildman–Crippen LogP) is 3.35. The Morgan fingerprint density at radius 3 is 2.24 bits per heavy atom. The molecule has 0 aliphatic carbocycles. The first-order valence-corrected chi connectivity index (χ1v) is 13.4. The van der Waals surface area contributed by atoms with Crippen molar-refractivity contribution in [1.29, 1.82) is 0 Å². The average molecular weight is 555 g/mol. The van der Waals surface area contributed by atoms with Gasteiger partial charge in [0, 0.05) is 29.2 Å². The molecule has 202 valence electrons. The highest BCUT2D eigenvalue weighted by atomic mass is 35.5. The minimum Gasteiger partial charge on any atom is -0.495 e. The second-order valence-electron chi connectivity index (χ2n) is 9.45. The molecular weight excluding hydrogens is 524 g/mol. The third kappa shape index (κ3) is 8.32. The van der Waals surface area contributed by atoms with Gasteiger partial charge in [-0.05, 0) is 51.5 Å². The molecule has 2 aromatic rings. The van der Waals surface area contributed by atoms with Crippen LogP contribution in [-0.2, 0) is 26.2 Å². The minimum absolute atomic E-state index is 0.0155. The summed E-state index contributed by atoms with van der Waals surface area (Å²) in [4.78, 5) is 38.5. The molecule has 2 rings (SSSR count). The Morgan fingerprint density at radius 2 is 1.76 bits per heavy atom. The van der Waals surface area contributed by atoms with E-state index in [9.17, 15) is 28.1 Å². The van der Waals surface area contributed by atoms with Gasteiger partial charge < -0.3 is 15.0 Å². The standard InChI is InChI=1S/C24H31ClN4O7S/c1-16(23(31)26-24(2,3)4)27(14-17-7-9-18(25)10-8-17)22(30)15-28(37(6,34)35)20-13-19(29(32)33)11-12-21(20)36-5/h7-13,16H,14-15H2,1-6H3,(H,26,31)/t16-/m0/s1. The quantitative estimate of drug-likeness (QED) is 0.351. The number of benzene rings is 2. The number of methoxy groups -OCH3 is 1. The molecule has 2 aromatic carbocycles. The van der Waals surface area contributed by atoms with Crippen molar-refractivity contribution in [1.82, 2.24) is 10.2 Å². The molecule has 11 nitrogen and oxygen atoms in total. The summed E-state index contributed by atoms with van der Waals surface area (Å²) in [5.74, 6) is -1.12. The summed E-state index contributed by atoms with van der Waals surface area (Å²) in [5.41, 5.74) is -0.472. The summed E-state index contributed by atoms with van der Waals surface area (Å²) in [5, 5.41) is 14.6. The van der Waals surface area contributed by atoms with Crippen LogP contribution in [0.5, 0.6) is 5.75 Å². The number of nitro benzene ring substituents is 1. The number of carbonyl (C=O) groups excluding carboxylic acids is 2. The molecule has 0 spiro atoms. The van der Waals surface area contributed by atoms with Gasteiger partial charge in [-0.1, -0.05) is 23.7 Å². The van der Waals surface area contributed by atoms with Gasteiger partial charge in [0.1, 0.15) is 24.0 Å². The minimum atomic E-state index is -4.11. The van der Waals surface area contributed by atoms with Gasteiger partial charge in [0.25, 0.3) is 5.69 Å². The van der Waals surface area contributed by atoms with Crippen LogP contribution in [0.1, 0.15) is 33.3 Å². The van der Waals surface area contributed by atoms with Gasteiger partial charge in [0.15, 0.2) is 0 Å². The lowest BCUT2D eigenvalue weighted by atomic mass is 10.1. The zero-order valence-corrected chi connectivity index (χ0v) is 23.1. The van der Waals surface area contributed by atoms with Gasteiger partial charge in [-0.3, -0.25) is 24.0 Å². The number of sulfonamides is 1.